The summed E-state index contributed by atoms with van der Waals surface area (Å²) in [5.74, 6) is 0.689. The molecule has 1 rings (SSSR count). The molecule has 0 bridgehead atoms. The first-order valence-electron chi connectivity index (χ1n) is 4.28. The maximum atomic E-state index is 5.73. The van der Waals surface area contributed by atoms with Crippen molar-refractivity contribution in [1.29, 1.82) is 0 Å². The number of likely N-dealkylation sites (tertiary alicyclic amines) is 1. The van der Waals surface area contributed by atoms with Gasteiger partial charge >= 0.3 is 0 Å². The maximum Gasteiger partial charge on any atom is 0.191 e. The van der Waals surface area contributed by atoms with Crippen LogP contribution in [0.2, 0.25) is 0 Å². The largest absolute Gasteiger partial charge is 0.370 e. The van der Waals surface area contributed by atoms with Gasteiger partial charge in [0.15, 0.2) is 5.96 Å². The Labute approximate surface area is 78.4 Å². The van der Waals surface area contributed by atoms with Gasteiger partial charge in [-0.25, -0.2) is 0 Å². The van der Waals surface area contributed by atoms with Crippen molar-refractivity contribution in [2.75, 3.05) is 26.4 Å². The van der Waals surface area contributed by atoms with E-state index in [1.165, 1.54) is 12.8 Å². The minimum absolute atomic E-state index is 0.689. The van der Waals surface area contributed by atoms with Crippen molar-refractivity contribution in [3.63, 3.8) is 0 Å². The van der Waals surface area contributed by atoms with Gasteiger partial charge in [0.1, 0.15) is 0 Å². The molecule has 0 saturated carbocycles. The van der Waals surface area contributed by atoms with Gasteiger partial charge in [-0.15, -0.1) is 0 Å². The predicted molar refractivity (Wildman–Crippen MR) is 55.7 cm³/mol. The molecule has 2 N–H and O–H groups in total. The van der Waals surface area contributed by atoms with Crippen LogP contribution in [0.5, 0.6) is 0 Å². The number of nitrogens with zero attached hydrogens (tertiary/aromatic N) is 2. The van der Waals surface area contributed by atoms with Crippen molar-refractivity contribution in [1.82, 2.24) is 4.90 Å². The summed E-state index contributed by atoms with van der Waals surface area (Å²) in [5.41, 5.74) is 5.73. The molecule has 12 heavy (non-hydrogen) atoms. The Bertz CT molecular complexity index is 170. The molecule has 4 heteroatoms. The molecule has 0 aromatic carbocycles. The Morgan fingerprint density at radius 2 is 2.42 bits per heavy atom. The molecule has 1 aliphatic heterocycles. The van der Waals surface area contributed by atoms with Gasteiger partial charge in [0.25, 0.3) is 0 Å². The smallest absolute Gasteiger partial charge is 0.191 e. The lowest BCUT2D eigenvalue weighted by atomic mass is 10.1. The van der Waals surface area contributed by atoms with Crippen molar-refractivity contribution in [3.05, 3.63) is 0 Å². The SMILES string of the molecule is CN=C(N)N1CCCC(SC)C1. The number of rotatable bonds is 1. The first-order valence-corrected chi connectivity index (χ1v) is 5.56. The first kappa shape index (κ1) is 9.71. The number of nitrogens with two attached hydrogens (primary N) is 1. The Kier molecular flexibility index (Phi) is 3.72. The number of piperidine rings is 1. The molecule has 1 atom stereocenters. The molecule has 1 saturated heterocycles. The lowest BCUT2D eigenvalue weighted by Gasteiger charge is -2.32. The summed E-state index contributed by atoms with van der Waals surface area (Å²) in [6, 6.07) is 0. The fourth-order valence-electron chi connectivity index (χ4n) is 1.48. The minimum atomic E-state index is 0.689. The molecule has 0 aromatic rings. The standard InChI is InChI=1S/C8H17N3S/c1-10-8(9)11-5-3-4-7(6-11)12-2/h7H,3-6H2,1-2H3,(H2,9,10). The molecular weight excluding hydrogens is 170 g/mol. The lowest BCUT2D eigenvalue weighted by molar-refractivity contribution is 0.346. The molecule has 0 spiro atoms. The molecular formula is C8H17N3S. The van der Waals surface area contributed by atoms with Gasteiger partial charge in [0.2, 0.25) is 0 Å². The topological polar surface area (TPSA) is 41.6 Å². The molecule has 0 amide bonds. The van der Waals surface area contributed by atoms with Crippen LogP contribution in [0.4, 0.5) is 0 Å². The summed E-state index contributed by atoms with van der Waals surface area (Å²) in [6.07, 6.45) is 4.71. The van der Waals surface area contributed by atoms with Crippen molar-refractivity contribution in [2.24, 2.45) is 10.7 Å². The number of aliphatic imine (C=N–C) groups is 1. The Balaban J connectivity index is 2.45. The average Bonchev–Trinajstić information content (AvgIpc) is 2.17. The highest BCUT2D eigenvalue weighted by Crippen LogP contribution is 2.19. The Hall–Kier alpha value is -0.380. The summed E-state index contributed by atoms with van der Waals surface area (Å²) < 4.78 is 0. The summed E-state index contributed by atoms with van der Waals surface area (Å²) in [6.45, 7) is 2.13. The molecule has 0 aliphatic carbocycles. The van der Waals surface area contributed by atoms with E-state index < -0.39 is 0 Å². The summed E-state index contributed by atoms with van der Waals surface area (Å²) >= 11 is 1.93. The van der Waals surface area contributed by atoms with Gasteiger partial charge in [-0.2, -0.15) is 11.8 Å². The number of hydrogen-bond acceptors (Lipinski definition) is 2. The molecule has 70 valence electrons. The van der Waals surface area contributed by atoms with Crippen LogP contribution in [-0.2, 0) is 0 Å². The third-order valence-electron chi connectivity index (χ3n) is 2.26. The van der Waals surface area contributed by atoms with Gasteiger partial charge in [0, 0.05) is 25.4 Å². The highest BCUT2D eigenvalue weighted by Gasteiger charge is 2.19. The van der Waals surface area contributed by atoms with E-state index in [0.29, 0.717) is 5.96 Å². The number of thioether (sulfide) groups is 1. The average molecular weight is 187 g/mol. The predicted octanol–water partition coefficient (Wildman–Crippen LogP) is 0.758. The highest BCUT2D eigenvalue weighted by molar-refractivity contribution is 7.99. The van der Waals surface area contributed by atoms with E-state index in [1.807, 2.05) is 11.8 Å². The van der Waals surface area contributed by atoms with E-state index in [9.17, 15) is 0 Å². The second-order valence-corrected chi connectivity index (χ2v) is 4.17. The van der Waals surface area contributed by atoms with Crippen LogP contribution >= 0.6 is 11.8 Å². The van der Waals surface area contributed by atoms with Crippen molar-refractivity contribution >= 4 is 17.7 Å². The van der Waals surface area contributed by atoms with Crippen LogP contribution < -0.4 is 5.73 Å². The molecule has 1 fully saturated rings. The minimum Gasteiger partial charge on any atom is -0.370 e. The van der Waals surface area contributed by atoms with E-state index in [4.69, 9.17) is 5.73 Å². The van der Waals surface area contributed by atoms with Crippen LogP contribution in [0.1, 0.15) is 12.8 Å². The van der Waals surface area contributed by atoms with E-state index >= 15 is 0 Å². The summed E-state index contributed by atoms with van der Waals surface area (Å²) in [7, 11) is 1.75. The Morgan fingerprint density at radius 3 is 3.00 bits per heavy atom. The van der Waals surface area contributed by atoms with Crippen LogP contribution in [0.25, 0.3) is 0 Å². The third-order valence-corrected chi connectivity index (χ3v) is 3.32. The molecule has 1 unspecified atom stereocenters. The molecule has 0 radical (unpaired) electrons. The number of hydrogen-bond donors (Lipinski definition) is 1. The highest BCUT2D eigenvalue weighted by atomic mass is 32.2. The zero-order chi connectivity index (χ0) is 8.97. The van der Waals surface area contributed by atoms with Gasteiger partial charge in [-0.1, -0.05) is 0 Å². The van der Waals surface area contributed by atoms with E-state index in [1.54, 1.807) is 7.05 Å². The molecule has 3 nitrogen and oxygen atoms in total. The Morgan fingerprint density at radius 1 is 1.67 bits per heavy atom. The van der Waals surface area contributed by atoms with Gasteiger partial charge in [0.05, 0.1) is 0 Å². The first-order chi connectivity index (χ1) is 5.77. The number of guanidine groups is 1. The van der Waals surface area contributed by atoms with Gasteiger partial charge < -0.3 is 10.6 Å². The van der Waals surface area contributed by atoms with Crippen LogP contribution in [0.15, 0.2) is 4.99 Å². The van der Waals surface area contributed by atoms with Crippen LogP contribution in [-0.4, -0.2) is 42.5 Å². The zero-order valence-electron chi connectivity index (χ0n) is 7.79. The van der Waals surface area contributed by atoms with E-state index in [-0.39, 0.29) is 0 Å². The second kappa shape index (κ2) is 4.60. The monoisotopic (exact) mass is 187 g/mol. The fraction of sp³-hybridized carbons (Fsp3) is 0.875. The van der Waals surface area contributed by atoms with Crippen molar-refractivity contribution in [3.8, 4) is 0 Å². The summed E-state index contributed by atoms with van der Waals surface area (Å²) in [5, 5.41) is 0.735. The van der Waals surface area contributed by atoms with E-state index in [0.717, 1.165) is 18.3 Å². The third kappa shape index (κ3) is 2.30. The molecule has 0 aromatic heterocycles. The van der Waals surface area contributed by atoms with Crippen LogP contribution in [0, 0.1) is 0 Å². The van der Waals surface area contributed by atoms with Crippen LogP contribution in [0.3, 0.4) is 0 Å². The molecule has 1 aliphatic rings. The van der Waals surface area contributed by atoms with Gasteiger partial charge in [-0.3, -0.25) is 4.99 Å². The lowest BCUT2D eigenvalue weighted by Crippen LogP contribution is -2.44. The van der Waals surface area contributed by atoms with Crippen molar-refractivity contribution < 1.29 is 0 Å². The van der Waals surface area contributed by atoms with Crippen molar-refractivity contribution in [2.45, 2.75) is 18.1 Å². The summed E-state index contributed by atoms with van der Waals surface area (Å²) in [4.78, 5) is 6.16. The normalized spacial score (nSPS) is 26.0. The zero-order valence-corrected chi connectivity index (χ0v) is 8.60. The quantitative estimate of drug-likeness (QED) is 0.487. The fourth-order valence-corrected chi connectivity index (χ4v) is 2.21. The second-order valence-electron chi connectivity index (χ2n) is 3.03. The maximum absolute atomic E-state index is 5.73. The van der Waals surface area contributed by atoms with Gasteiger partial charge in [-0.05, 0) is 19.1 Å². The molecule has 1 heterocycles. The van der Waals surface area contributed by atoms with E-state index in [2.05, 4.69) is 16.1 Å².